The van der Waals surface area contributed by atoms with E-state index in [1.54, 1.807) is 62.8 Å². The van der Waals surface area contributed by atoms with E-state index in [1.165, 1.54) is 0 Å². The van der Waals surface area contributed by atoms with Crippen LogP contribution in [0.2, 0.25) is 0 Å². The first kappa shape index (κ1) is 21.3. The molecule has 0 saturated heterocycles. The number of methoxy groups -OCH3 is 2. The van der Waals surface area contributed by atoms with E-state index in [9.17, 15) is 9.59 Å². The summed E-state index contributed by atoms with van der Waals surface area (Å²) in [6.45, 7) is 1.28. The van der Waals surface area contributed by atoms with Crippen molar-refractivity contribution in [2.24, 2.45) is 0 Å². The van der Waals surface area contributed by atoms with Gasteiger partial charge in [0.05, 0.1) is 14.2 Å². The number of carbonyl (C=O) groups excluding carboxylic acids is 2. The minimum atomic E-state index is -0.0746. The molecule has 0 heterocycles. The van der Waals surface area contributed by atoms with Crippen molar-refractivity contribution in [3.63, 3.8) is 0 Å². The third-order valence-corrected chi connectivity index (χ3v) is 4.38. The summed E-state index contributed by atoms with van der Waals surface area (Å²) in [5.74, 6) is 1.31. The van der Waals surface area contributed by atoms with E-state index in [4.69, 9.17) is 9.47 Å². The molecular formula is C22H28N2O4. The number of benzene rings is 2. The van der Waals surface area contributed by atoms with Crippen LogP contribution in [0, 0.1) is 0 Å². The Bertz CT molecular complexity index is 677. The second-order valence-electron chi connectivity index (χ2n) is 6.38. The molecule has 0 unspecified atom stereocenters. The predicted octanol–water partition coefficient (Wildman–Crippen LogP) is 3.42. The predicted molar refractivity (Wildman–Crippen MR) is 109 cm³/mol. The minimum absolute atomic E-state index is 0.0746. The summed E-state index contributed by atoms with van der Waals surface area (Å²) in [5.41, 5.74) is 1.25. The van der Waals surface area contributed by atoms with E-state index in [-0.39, 0.29) is 11.8 Å². The number of amides is 2. The Morgan fingerprint density at radius 2 is 1.00 bits per heavy atom. The fourth-order valence-electron chi connectivity index (χ4n) is 2.70. The summed E-state index contributed by atoms with van der Waals surface area (Å²) in [4.78, 5) is 24.0. The highest BCUT2D eigenvalue weighted by atomic mass is 16.5. The molecule has 6 heteroatoms. The van der Waals surface area contributed by atoms with Gasteiger partial charge in [0, 0.05) is 24.2 Å². The first-order valence-electron chi connectivity index (χ1n) is 9.48. The van der Waals surface area contributed by atoms with Gasteiger partial charge in [-0.05, 0) is 61.4 Å². The lowest BCUT2D eigenvalue weighted by atomic mass is 10.1. The highest BCUT2D eigenvalue weighted by molar-refractivity contribution is 5.94. The standard InChI is InChI=1S/C22H28N2O4/c1-27-19-11-7-17(8-12-19)21(25)23-15-5-3-4-6-16-24-22(26)18-9-13-20(28-2)14-10-18/h7-14H,3-6,15-16H2,1-2H3,(H,23,25)(H,24,26). The van der Waals surface area contributed by atoms with Crippen molar-refractivity contribution in [2.45, 2.75) is 25.7 Å². The molecule has 0 saturated carbocycles. The molecule has 0 bridgehead atoms. The van der Waals surface area contributed by atoms with Crippen molar-refractivity contribution in [2.75, 3.05) is 27.3 Å². The molecule has 0 radical (unpaired) electrons. The largest absolute Gasteiger partial charge is 0.497 e. The maximum Gasteiger partial charge on any atom is 0.251 e. The molecule has 2 N–H and O–H groups in total. The van der Waals surface area contributed by atoms with E-state index in [0.717, 1.165) is 37.2 Å². The SMILES string of the molecule is COc1ccc(C(=O)NCCCCCCNC(=O)c2ccc(OC)cc2)cc1. The number of carbonyl (C=O) groups is 2. The van der Waals surface area contributed by atoms with Gasteiger partial charge in [-0.15, -0.1) is 0 Å². The zero-order chi connectivity index (χ0) is 20.2. The zero-order valence-corrected chi connectivity index (χ0v) is 16.5. The first-order chi connectivity index (χ1) is 13.6. The number of hydrogen-bond acceptors (Lipinski definition) is 4. The Kier molecular flexibility index (Phi) is 8.85. The normalized spacial score (nSPS) is 10.2. The van der Waals surface area contributed by atoms with E-state index in [1.807, 2.05) is 0 Å². The summed E-state index contributed by atoms with van der Waals surface area (Å²) in [7, 11) is 3.19. The Hall–Kier alpha value is -3.02. The summed E-state index contributed by atoms with van der Waals surface area (Å²) in [6, 6.07) is 14.1. The monoisotopic (exact) mass is 384 g/mol. The summed E-state index contributed by atoms with van der Waals surface area (Å²) in [5, 5.41) is 5.83. The van der Waals surface area contributed by atoms with Gasteiger partial charge < -0.3 is 20.1 Å². The molecule has 0 fully saturated rings. The first-order valence-corrected chi connectivity index (χ1v) is 9.48. The van der Waals surface area contributed by atoms with Crippen molar-refractivity contribution in [3.8, 4) is 11.5 Å². The second kappa shape index (κ2) is 11.6. The third kappa shape index (κ3) is 6.95. The van der Waals surface area contributed by atoms with E-state index in [2.05, 4.69) is 10.6 Å². The van der Waals surface area contributed by atoms with Gasteiger partial charge in [0.2, 0.25) is 0 Å². The quantitative estimate of drug-likeness (QED) is 0.582. The second-order valence-corrected chi connectivity index (χ2v) is 6.38. The van der Waals surface area contributed by atoms with Crippen LogP contribution in [-0.2, 0) is 0 Å². The Balaban J connectivity index is 1.53. The topological polar surface area (TPSA) is 76.7 Å². The van der Waals surface area contributed by atoms with Crippen molar-refractivity contribution < 1.29 is 19.1 Å². The van der Waals surface area contributed by atoms with E-state index in [0.29, 0.717) is 24.2 Å². The number of rotatable bonds is 11. The third-order valence-electron chi connectivity index (χ3n) is 4.38. The summed E-state index contributed by atoms with van der Waals surface area (Å²) >= 11 is 0. The Morgan fingerprint density at radius 1 is 0.643 bits per heavy atom. The molecule has 0 aliphatic carbocycles. The molecule has 150 valence electrons. The lowest BCUT2D eigenvalue weighted by Gasteiger charge is -2.07. The average Bonchev–Trinajstić information content (AvgIpc) is 2.75. The van der Waals surface area contributed by atoms with Gasteiger partial charge in [-0.3, -0.25) is 9.59 Å². The number of unbranched alkanes of at least 4 members (excludes halogenated alkanes) is 3. The van der Waals surface area contributed by atoms with Crippen LogP contribution in [0.4, 0.5) is 0 Å². The number of nitrogens with one attached hydrogen (secondary N) is 2. The van der Waals surface area contributed by atoms with Crippen LogP contribution in [0.1, 0.15) is 46.4 Å². The van der Waals surface area contributed by atoms with Crippen LogP contribution in [0.3, 0.4) is 0 Å². The maximum absolute atomic E-state index is 12.0. The lowest BCUT2D eigenvalue weighted by molar-refractivity contribution is 0.0943. The molecule has 28 heavy (non-hydrogen) atoms. The van der Waals surface area contributed by atoms with Gasteiger partial charge in [-0.25, -0.2) is 0 Å². The molecule has 0 aliphatic heterocycles. The van der Waals surface area contributed by atoms with Crippen LogP contribution in [0.5, 0.6) is 11.5 Å². The molecular weight excluding hydrogens is 356 g/mol. The van der Waals surface area contributed by atoms with Crippen LogP contribution in [0.25, 0.3) is 0 Å². The molecule has 6 nitrogen and oxygen atoms in total. The highest BCUT2D eigenvalue weighted by Gasteiger charge is 2.06. The zero-order valence-electron chi connectivity index (χ0n) is 16.5. The van der Waals surface area contributed by atoms with Crippen molar-refractivity contribution in [1.29, 1.82) is 0 Å². The highest BCUT2D eigenvalue weighted by Crippen LogP contribution is 2.12. The van der Waals surface area contributed by atoms with Crippen LogP contribution >= 0.6 is 0 Å². The van der Waals surface area contributed by atoms with Crippen molar-refractivity contribution >= 4 is 11.8 Å². The molecule has 0 spiro atoms. The van der Waals surface area contributed by atoms with E-state index < -0.39 is 0 Å². The average molecular weight is 384 g/mol. The van der Waals surface area contributed by atoms with Crippen molar-refractivity contribution in [1.82, 2.24) is 10.6 Å². The van der Waals surface area contributed by atoms with E-state index >= 15 is 0 Å². The maximum atomic E-state index is 12.0. The van der Waals surface area contributed by atoms with Gasteiger partial charge in [0.25, 0.3) is 11.8 Å². The minimum Gasteiger partial charge on any atom is -0.497 e. The summed E-state index contributed by atoms with van der Waals surface area (Å²) < 4.78 is 10.2. The fourth-order valence-corrected chi connectivity index (χ4v) is 2.70. The van der Waals surface area contributed by atoms with Gasteiger partial charge >= 0.3 is 0 Å². The number of ether oxygens (including phenoxy) is 2. The molecule has 0 atom stereocenters. The molecule has 2 aromatic rings. The lowest BCUT2D eigenvalue weighted by Crippen LogP contribution is -2.25. The molecule has 0 aliphatic rings. The van der Waals surface area contributed by atoms with Gasteiger partial charge in [0.1, 0.15) is 11.5 Å². The summed E-state index contributed by atoms with van der Waals surface area (Å²) in [6.07, 6.45) is 3.82. The Labute approximate surface area is 166 Å². The van der Waals surface area contributed by atoms with Crippen LogP contribution in [0.15, 0.2) is 48.5 Å². The fraction of sp³-hybridized carbons (Fsp3) is 0.364. The molecule has 2 rings (SSSR count). The molecule has 0 aromatic heterocycles. The van der Waals surface area contributed by atoms with Gasteiger partial charge in [-0.1, -0.05) is 12.8 Å². The van der Waals surface area contributed by atoms with Crippen LogP contribution < -0.4 is 20.1 Å². The smallest absolute Gasteiger partial charge is 0.251 e. The van der Waals surface area contributed by atoms with Crippen LogP contribution in [-0.4, -0.2) is 39.1 Å². The van der Waals surface area contributed by atoms with Gasteiger partial charge in [-0.2, -0.15) is 0 Å². The Morgan fingerprint density at radius 3 is 1.32 bits per heavy atom. The molecule has 2 amide bonds. The van der Waals surface area contributed by atoms with Gasteiger partial charge in [0.15, 0.2) is 0 Å². The number of hydrogen-bond donors (Lipinski definition) is 2. The van der Waals surface area contributed by atoms with Crippen molar-refractivity contribution in [3.05, 3.63) is 59.7 Å². The molecule has 2 aromatic carbocycles.